The van der Waals surface area contributed by atoms with Crippen molar-refractivity contribution in [2.45, 2.75) is 32.1 Å². The van der Waals surface area contributed by atoms with Gasteiger partial charge in [0.2, 0.25) is 5.91 Å². The second kappa shape index (κ2) is 10.1. The highest BCUT2D eigenvalue weighted by atomic mass is 16.5. The summed E-state index contributed by atoms with van der Waals surface area (Å²) in [4.78, 5) is 15.0. The van der Waals surface area contributed by atoms with E-state index in [4.69, 9.17) is 4.74 Å². The molecule has 1 aliphatic heterocycles. The maximum atomic E-state index is 12.7. The number of ether oxygens (including phenoxy) is 1. The molecule has 0 aliphatic carbocycles. The number of rotatable bonds is 9. The highest BCUT2D eigenvalue weighted by Gasteiger charge is 2.18. The Morgan fingerprint density at radius 1 is 1.17 bits per heavy atom. The zero-order valence-electron chi connectivity index (χ0n) is 16.8. The van der Waals surface area contributed by atoms with Crippen LogP contribution >= 0.6 is 0 Å². The van der Waals surface area contributed by atoms with E-state index in [1.54, 1.807) is 10.9 Å². The van der Waals surface area contributed by atoms with E-state index >= 15 is 0 Å². The molecule has 3 aromatic rings. The number of tetrazole rings is 1. The van der Waals surface area contributed by atoms with Gasteiger partial charge in [0, 0.05) is 31.9 Å². The molecule has 10 heteroatoms. The summed E-state index contributed by atoms with van der Waals surface area (Å²) in [6.45, 7) is 4.82. The van der Waals surface area contributed by atoms with E-state index < -0.39 is 0 Å². The van der Waals surface area contributed by atoms with Crippen LogP contribution in [-0.2, 0) is 29.2 Å². The van der Waals surface area contributed by atoms with Gasteiger partial charge in [-0.3, -0.25) is 14.4 Å². The van der Waals surface area contributed by atoms with E-state index in [2.05, 4.69) is 30.8 Å². The molecular weight excluding hydrogens is 384 g/mol. The van der Waals surface area contributed by atoms with Crippen LogP contribution in [0.25, 0.3) is 0 Å². The van der Waals surface area contributed by atoms with Crippen LogP contribution in [-0.4, -0.2) is 67.1 Å². The third-order valence-corrected chi connectivity index (χ3v) is 5.09. The van der Waals surface area contributed by atoms with Crippen molar-refractivity contribution in [3.05, 3.63) is 60.2 Å². The Morgan fingerprint density at radius 3 is 2.77 bits per heavy atom. The van der Waals surface area contributed by atoms with Crippen LogP contribution in [0.4, 0.5) is 0 Å². The van der Waals surface area contributed by atoms with Gasteiger partial charge < -0.3 is 10.1 Å². The molecule has 0 spiro atoms. The van der Waals surface area contributed by atoms with Gasteiger partial charge in [-0.05, 0) is 22.1 Å². The van der Waals surface area contributed by atoms with Gasteiger partial charge in [-0.15, -0.1) is 5.10 Å². The molecule has 4 rings (SSSR count). The number of aryl methyl sites for hydroxylation is 1. The molecule has 3 heterocycles. The Bertz CT molecular complexity index is 906. The molecule has 0 unspecified atom stereocenters. The van der Waals surface area contributed by atoms with Crippen LogP contribution in [0.15, 0.2) is 48.8 Å². The predicted octanol–water partition coefficient (Wildman–Crippen LogP) is 0.650. The van der Waals surface area contributed by atoms with Crippen molar-refractivity contribution in [1.82, 2.24) is 40.2 Å². The quantitative estimate of drug-likeness (QED) is 0.552. The number of nitrogens with one attached hydrogen (secondary N) is 1. The standard InChI is InChI=1S/C20H26N8O2/c29-20(7-10-28-19(23-24-25-28)16-26-11-13-30-14-12-26)22-18(15-27-9-4-8-21-27)17-5-2-1-3-6-17/h1-6,8-9,18H,7,10-16H2,(H,22,29)/t18-/m1/s1. The van der Waals surface area contributed by atoms with Crippen LogP contribution in [0.3, 0.4) is 0 Å². The molecule has 1 atom stereocenters. The van der Waals surface area contributed by atoms with Gasteiger partial charge in [0.25, 0.3) is 0 Å². The average molecular weight is 410 g/mol. The van der Waals surface area contributed by atoms with Gasteiger partial charge in [0.05, 0.1) is 38.9 Å². The van der Waals surface area contributed by atoms with E-state index in [9.17, 15) is 4.79 Å². The number of carbonyl (C=O) groups is 1. The molecule has 1 N–H and O–H groups in total. The van der Waals surface area contributed by atoms with Gasteiger partial charge >= 0.3 is 0 Å². The second-order valence-corrected chi connectivity index (χ2v) is 7.22. The zero-order valence-corrected chi connectivity index (χ0v) is 16.8. The SMILES string of the molecule is O=C(CCn1nnnc1CN1CCOCC1)N[C@H](Cn1cccn1)c1ccccc1. The molecule has 2 aromatic heterocycles. The maximum Gasteiger partial charge on any atom is 0.222 e. The molecule has 1 amide bonds. The molecule has 1 saturated heterocycles. The first-order valence-electron chi connectivity index (χ1n) is 10.1. The summed E-state index contributed by atoms with van der Waals surface area (Å²) in [5.74, 6) is 0.713. The second-order valence-electron chi connectivity index (χ2n) is 7.22. The monoisotopic (exact) mass is 410 g/mol. The van der Waals surface area contributed by atoms with Gasteiger partial charge in [0.1, 0.15) is 0 Å². The van der Waals surface area contributed by atoms with Crippen LogP contribution in [0.5, 0.6) is 0 Å². The van der Waals surface area contributed by atoms with E-state index in [0.29, 0.717) is 26.1 Å². The smallest absolute Gasteiger partial charge is 0.222 e. The van der Waals surface area contributed by atoms with Crippen molar-refractivity contribution < 1.29 is 9.53 Å². The molecule has 0 radical (unpaired) electrons. The summed E-state index contributed by atoms with van der Waals surface area (Å²) in [5, 5.41) is 19.4. The number of hydrogen-bond acceptors (Lipinski definition) is 7. The van der Waals surface area contributed by atoms with E-state index in [0.717, 1.165) is 37.7 Å². The average Bonchev–Trinajstić information content (AvgIpc) is 3.45. The summed E-state index contributed by atoms with van der Waals surface area (Å²) in [6, 6.07) is 11.6. The molecule has 1 aromatic carbocycles. The molecule has 1 fully saturated rings. The number of aromatic nitrogens is 6. The van der Waals surface area contributed by atoms with Crippen LogP contribution in [0.1, 0.15) is 23.9 Å². The minimum absolute atomic E-state index is 0.0520. The van der Waals surface area contributed by atoms with Crippen molar-refractivity contribution in [2.24, 2.45) is 0 Å². The minimum Gasteiger partial charge on any atom is -0.379 e. The Hall–Kier alpha value is -3.11. The van der Waals surface area contributed by atoms with Gasteiger partial charge in [0.15, 0.2) is 5.82 Å². The summed E-state index contributed by atoms with van der Waals surface area (Å²) in [6.07, 6.45) is 3.92. The number of hydrogen-bond donors (Lipinski definition) is 1. The third kappa shape index (κ3) is 5.49. The van der Waals surface area contributed by atoms with E-state index in [1.165, 1.54) is 0 Å². The normalized spacial score (nSPS) is 15.7. The molecule has 1 aliphatic rings. The number of morpholine rings is 1. The minimum atomic E-state index is -0.166. The van der Waals surface area contributed by atoms with Crippen molar-refractivity contribution >= 4 is 5.91 Å². The first kappa shape index (κ1) is 20.2. The van der Waals surface area contributed by atoms with E-state index in [1.807, 2.05) is 47.3 Å². The lowest BCUT2D eigenvalue weighted by Crippen LogP contribution is -2.36. The zero-order chi connectivity index (χ0) is 20.6. The third-order valence-electron chi connectivity index (χ3n) is 5.09. The largest absolute Gasteiger partial charge is 0.379 e. The fourth-order valence-electron chi connectivity index (χ4n) is 3.46. The van der Waals surface area contributed by atoms with E-state index in [-0.39, 0.29) is 11.9 Å². The van der Waals surface area contributed by atoms with Gasteiger partial charge in [-0.25, -0.2) is 4.68 Å². The first-order valence-corrected chi connectivity index (χ1v) is 10.1. The van der Waals surface area contributed by atoms with Gasteiger partial charge in [-0.1, -0.05) is 30.3 Å². The highest BCUT2D eigenvalue weighted by Crippen LogP contribution is 2.15. The van der Waals surface area contributed by atoms with Gasteiger partial charge in [-0.2, -0.15) is 5.10 Å². The van der Waals surface area contributed by atoms with Crippen molar-refractivity contribution in [1.29, 1.82) is 0 Å². The Kier molecular flexibility index (Phi) is 6.78. The Morgan fingerprint density at radius 2 is 2.00 bits per heavy atom. The molecule has 158 valence electrons. The molecule has 0 bridgehead atoms. The molecule has 30 heavy (non-hydrogen) atoms. The number of benzene rings is 1. The molecular formula is C20H26N8O2. The van der Waals surface area contributed by atoms with Crippen LogP contribution < -0.4 is 5.32 Å². The Balaban J connectivity index is 1.34. The maximum absolute atomic E-state index is 12.7. The lowest BCUT2D eigenvalue weighted by molar-refractivity contribution is -0.122. The Labute approximate surface area is 174 Å². The predicted molar refractivity (Wildman–Crippen MR) is 108 cm³/mol. The van der Waals surface area contributed by atoms with Crippen molar-refractivity contribution in [3.8, 4) is 0 Å². The summed E-state index contributed by atoms with van der Waals surface area (Å²) < 4.78 is 8.91. The fraction of sp³-hybridized carbons (Fsp3) is 0.450. The first-order chi connectivity index (χ1) is 14.8. The topological polar surface area (TPSA) is 103 Å². The number of amides is 1. The number of nitrogens with zero attached hydrogens (tertiary/aromatic N) is 7. The molecule has 0 saturated carbocycles. The fourth-order valence-corrected chi connectivity index (χ4v) is 3.46. The number of carbonyl (C=O) groups excluding carboxylic acids is 1. The van der Waals surface area contributed by atoms with Crippen LogP contribution in [0.2, 0.25) is 0 Å². The van der Waals surface area contributed by atoms with Crippen molar-refractivity contribution in [3.63, 3.8) is 0 Å². The summed E-state index contributed by atoms with van der Waals surface area (Å²) in [5.41, 5.74) is 1.04. The highest BCUT2D eigenvalue weighted by molar-refractivity contribution is 5.76. The summed E-state index contributed by atoms with van der Waals surface area (Å²) in [7, 11) is 0. The molecule has 10 nitrogen and oxygen atoms in total. The summed E-state index contributed by atoms with van der Waals surface area (Å²) >= 11 is 0. The lowest BCUT2D eigenvalue weighted by atomic mass is 10.1. The lowest BCUT2D eigenvalue weighted by Gasteiger charge is -2.25. The van der Waals surface area contributed by atoms with Crippen molar-refractivity contribution in [2.75, 3.05) is 26.3 Å². The van der Waals surface area contributed by atoms with Crippen LogP contribution in [0, 0.1) is 0 Å².